The minimum absolute atomic E-state index is 0.0580. The molecule has 100 valence electrons. The first-order valence-corrected chi connectivity index (χ1v) is 6.10. The fraction of sp³-hybridized carbons (Fsp3) is 0.538. The van der Waals surface area contributed by atoms with Crippen molar-refractivity contribution in [3.8, 4) is 0 Å². The summed E-state index contributed by atoms with van der Waals surface area (Å²) in [7, 11) is 0. The maximum atomic E-state index is 12.3. The highest BCUT2D eigenvalue weighted by Gasteiger charge is 2.33. The van der Waals surface area contributed by atoms with E-state index in [-0.39, 0.29) is 6.54 Å². The summed E-state index contributed by atoms with van der Waals surface area (Å²) < 4.78 is 36.8. The van der Waals surface area contributed by atoms with Gasteiger partial charge >= 0.3 is 6.18 Å². The van der Waals surface area contributed by atoms with E-state index in [0.717, 1.165) is 18.4 Å². The fourth-order valence-electron chi connectivity index (χ4n) is 2.00. The molecule has 18 heavy (non-hydrogen) atoms. The molecule has 5 heteroatoms. The predicted molar refractivity (Wildman–Crippen MR) is 65.0 cm³/mol. The normalized spacial score (nSPS) is 16.2. The number of para-hydroxylation sites is 1. The number of nitrogens with two attached hydrogens (primary N) is 1. The summed E-state index contributed by atoms with van der Waals surface area (Å²) in [6.07, 6.45) is -2.86. The highest BCUT2D eigenvalue weighted by atomic mass is 19.4. The SMILES string of the molecule is Nc1ccccc1CN(CCC(F)(F)F)C1CC1. The fourth-order valence-corrected chi connectivity index (χ4v) is 2.00. The molecule has 2 rings (SSSR count). The third-order valence-corrected chi connectivity index (χ3v) is 3.17. The molecule has 2 N–H and O–H groups in total. The summed E-state index contributed by atoms with van der Waals surface area (Å²) in [6, 6.07) is 7.64. The average Bonchev–Trinajstić information content (AvgIpc) is 3.09. The van der Waals surface area contributed by atoms with Gasteiger partial charge in [-0.2, -0.15) is 13.2 Å². The molecular weight excluding hydrogens is 241 g/mol. The summed E-state index contributed by atoms with van der Waals surface area (Å²) >= 11 is 0. The zero-order chi connectivity index (χ0) is 13.2. The molecule has 0 aromatic heterocycles. The summed E-state index contributed by atoms with van der Waals surface area (Å²) in [5, 5.41) is 0. The van der Waals surface area contributed by atoms with Crippen LogP contribution in [0.2, 0.25) is 0 Å². The lowest BCUT2D eigenvalue weighted by Crippen LogP contribution is -2.30. The van der Waals surface area contributed by atoms with Gasteiger partial charge in [0, 0.05) is 24.8 Å². The molecule has 1 fully saturated rings. The molecule has 2 nitrogen and oxygen atoms in total. The number of alkyl halides is 3. The lowest BCUT2D eigenvalue weighted by atomic mass is 10.1. The van der Waals surface area contributed by atoms with Crippen LogP contribution in [-0.4, -0.2) is 23.7 Å². The molecule has 0 saturated heterocycles. The van der Waals surface area contributed by atoms with E-state index in [2.05, 4.69) is 0 Å². The van der Waals surface area contributed by atoms with Gasteiger partial charge in [-0.3, -0.25) is 4.90 Å². The Labute approximate surface area is 105 Å². The first kappa shape index (κ1) is 13.2. The number of halogens is 3. The standard InChI is InChI=1S/C13H17F3N2/c14-13(15,16)7-8-18(11-5-6-11)9-10-3-1-2-4-12(10)17/h1-4,11H,5-9,17H2. The number of benzene rings is 1. The largest absolute Gasteiger partial charge is 0.398 e. The third kappa shape index (κ3) is 3.91. The zero-order valence-electron chi connectivity index (χ0n) is 10.1. The molecule has 0 heterocycles. The first-order valence-electron chi connectivity index (χ1n) is 6.10. The summed E-state index contributed by atoms with van der Waals surface area (Å²) in [5.74, 6) is 0. The second-order valence-electron chi connectivity index (χ2n) is 4.77. The average molecular weight is 258 g/mol. The van der Waals surface area contributed by atoms with E-state index < -0.39 is 12.6 Å². The number of hydrogen-bond acceptors (Lipinski definition) is 2. The van der Waals surface area contributed by atoms with Crippen molar-refractivity contribution in [3.63, 3.8) is 0 Å². The van der Waals surface area contributed by atoms with E-state index in [0.29, 0.717) is 18.3 Å². The van der Waals surface area contributed by atoms with Crippen LogP contribution in [0.15, 0.2) is 24.3 Å². The summed E-state index contributed by atoms with van der Waals surface area (Å²) in [6.45, 7) is 0.565. The van der Waals surface area contributed by atoms with Gasteiger partial charge in [-0.1, -0.05) is 18.2 Å². The molecule has 1 aliphatic rings. The minimum Gasteiger partial charge on any atom is -0.398 e. The van der Waals surface area contributed by atoms with Crippen LogP contribution in [0.3, 0.4) is 0 Å². The van der Waals surface area contributed by atoms with Gasteiger partial charge in [0.25, 0.3) is 0 Å². The Balaban J connectivity index is 1.96. The quantitative estimate of drug-likeness (QED) is 0.822. The van der Waals surface area contributed by atoms with Crippen molar-refractivity contribution in [2.45, 2.75) is 38.0 Å². The van der Waals surface area contributed by atoms with Gasteiger partial charge in [0.15, 0.2) is 0 Å². The van der Waals surface area contributed by atoms with E-state index >= 15 is 0 Å². The topological polar surface area (TPSA) is 29.3 Å². The smallest absolute Gasteiger partial charge is 0.390 e. The van der Waals surface area contributed by atoms with E-state index in [4.69, 9.17) is 5.73 Å². The number of nitrogens with zero attached hydrogens (tertiary/aromatic N) is 1. The van der Waals surface area contributed by atoms with Gasteiger partial charge in [-0.05, 0) is 24.5 Å². The highest BCUT2D eigenvalue weighted by molar-refractivity contribution is 5.46. The molecule has 0 radical (unpaired) electrons. The molecule has 0 aliphatic heterocycles. The third-order valence-electron chi connectivity index (χ3n) is 3.17. The zero-order valence-corrected chi connectivity index (χ0v) is 10.1. The Kier molecular flexibility index (Phi) is 3.80. The maximum absolute atomic E-state index is 12.3. The molecule has 0 amide bonds. The van der Waals surface area contributed by atoms with Crippen molar-refractivity contribution in [2.75, 3.05) is 12.3 Å². The Morgan fingerprint density at radius 3 is 2.44 bits per heavy atom. The lowest BCUT2D eigenvalue weighted by molar-refractivity contribution is -0.138. The van der Waals surface area contributed by atoms with Crippen LogP contribution in [-0.2, 0) is 6.54 Å². The van der Waals surface area contributed by atoms with Crippen LogP contribution in [0.1, 0.15) is 24.8 Å². The van der Waals surface area contributed by atoms with Gasteiger partial charge in [-0.15, -0.1) is 0 Å². The number of nitrogen functional groups attached to an aromatic ring is 1. The van der Waals surface area contributed by atoms with Gasteiger partial charge in [0.2, 0.25) is 0 Å². The van der Waals surface area contributed by atoms with Crippen molar-refractivity contribution in [1.82, 2.24) is 4.90 Å². The minimum atomic E-state index is -4.09. The van der Waals surface area contributed by atoms with Crippen LogP contribution in [0.25, 0.3) is 0 Å². The Hall–Kier alpha value is -1.23. The van der Waals surface area contributed by atoms with Gasteiger partial charge in [0.05, 0.1) is 6.42 Å². The molecule has 0 bridgehead atoms. The van der Waals surface area contributed by atoms with Crippen molar-refractivity contribution in [3.05, 3.63) is 29.8 Å². The van der Waals surface area contributed by atoms with Crippen molar-refractivity contribution < 1.29 is 13.2 Å². The monoisotopic (exact) mass is 258 g/mol. The van der Waals surface area contributed by atoms with Crippen LogP contribution in [0, 0.1) is 0 Å². The van der Waals surface area contributed by atoms with Gasteiger partial charge in [0.1, 0.15) is 0 Å². The van der Waals surface area contributed by atoms with Crippen LogP contribution in [0.4, 0.5) is 18.9 Å². The van der Waals surface area contributed by atoms with Crippen molar-refractivity contribution in [1.29, 1.82) is 0 Å². The number of hydrogen-bond donors (Lipinski definition) is 1. The lowest BCUT2D eigenvalue weighted by Gasteiger charge is -2.23. The second kappa shape index (κ2) is 5.18. The molecule has 1 aliphatic carbocycles. The molecule has 0 unspecified atom stereocenters. The predicted octanol–water partition coefficient (Wildman–Crippen LogP) is 3.19. The molecule has 1 aromatic carbocycles. The number of rotatable bonds is 5. The molecule has 1 aromatic rings. The van der Waals surface area contributed by atoms with Crippen LogP contribution < -0.4 is 5.73 Å². The van der Waals surface area contributed by atoms with E-state index in [1.807, 2.05) is 23.1 Å². The molecular formula is C13H17F3N2. The Bertz CT molecular complexity index is 399. The van der Waals surface area contributed by atoms with Crippen molar-refractivity contribution >= 4 is 5.69 Å². The Morgan fingerprint density at radius 1 is 1.22 bits per heavy atom. The van der Waals surface area contributed by atoms with E-state index in [1.54, 1.807) is 6.07 Å². The Morgan fingerprint density at radius 2 is 1.89 bits per heavy atom. The first-order chi connectivity index (χ1) is 8.46. The summed E-state index contributed by atoms with van der Waals surface area (Å²) in [4.78, 5) is 1.89. The number of anilines is 1. The van der Waals surface area contributed by atoms with E-state index in [1.165, 1.54) is 0 Å². The van der Waals surface area contributed by atoms with Crippen LogP contribution in [0.5, 0.6) is 0 Å². The maximum Gasteiger partial charge on any atom is 0.390 e. The van der Waals surface area contributed by atoms with Gasteiger partial charge < -0.3 is 5.73 Å². The van der Waals surface area contributed by atoms with Crippen LogP contribution >= 0.6 is 0 Å². The van der Waals surface area contributed by atoms with Crippen molar-refractivity contribution in [2.24, 2.45) is 0 Å². The second-order valence-corrected chi connectivity index (χ2v) is 4.77. The molecule has 0 spiro atoms. The highest BCUT2D eigenvalue weighted by Crippen LogP contribution is 2.31. The molecule has 1 saturated carbocycles. The van der Waals surface area contributed by atoms with Gasteiger partial charge in [-0.25, -0.2) is 0 Å². The van der Waals surface area contributed by atoms with E-state index in [9.17, 15) is 13.2 Å². The molecule has 0 atom stereocenters. The summed E-state index contributed by atoms with van der Waals surface area (Å²) in [5.41, 5.74) is 7.38.